The average molecular weight is 388 g/mol. The number of hydrogen-bond donors (Lipinski definition) is 0. The minimum Gasteiger partial charge on any atom is -0.494 e. The lowest BCUT2D eigenvalue weighted by Gasteiger charge is -2.34. The summed E-state index contributed by atoms with van der Waals surface area (Å²) in [4.78, 5) is 2.09. The van der Waals surface area contributed by atoms with Crippen molar-refractivity contribution >= 4 is 15.8 Å². The molecular weight excluding hydrogens is 364 g/mol. The molecule has 7 nitrogen and oxygen atoms in total. The molecule has 0 N–H and O–H groups in total. The van der Waals surface area contributed by atoms with Crippen LogP contribution >= 0.6 is 0 Å². The zero-order chi connectivity index (χ0) is 18.9. The van der Waals surface area contributed by atoms with E-state index in [4.69, 9.17) is 4.74 Å². The first-order valence-electron chi connectivity index (χ1n) is 9.39. The topological polar surface area (TPSA) is 75.6 Å². The summed E-state index contributed by atoms with van der Waals surface area (Å²) in [5.74, 6) is 1.62. The molecule has 0 bridgehead atoms. The third-order valence-electron chi connectivity index (χ3n) is 4.98. The zero-order valence-electron chi connectivity index (χ0n) is 15.4. The van der Waals surface area contributed by atoms with Crippen LogP contribution in [0.4, 0.5) is 5.82 Å². The SMILES string of the molecule is CCOc1ccc(-c2ccc(N3CCN(S(=O)(=O)C4CC4)CC3)nn2)cc1. The van der Waals surface area contributed by atoms with Gasteiger partial charge in [-0.05, 0) is 56.2 Å². The number of anilines is 1. The van der Waals surface area contributed by atoms with Crippen LogP contribution in [0.1, 0.15) is 19.8 Å². The van der Waals surface area contributed by atoms with Crippen molar-refractivity contribution in [3.63, 3.8) is 0 Å². The Kier molecular flexibility index (Phi) is 5.01. The molecule has 1 saturated carbocycles. The van der Waals surface area contributed by atoms with Gasteiger partial charge in [0.1, 0.15) is 5.75 Å². The molecule has 1 aliphatic heterocycles. The maximum Gasteiger partial charge on any atom is 0.217 e. The summed E-state index contributed by atoms with van der Waals surface area (Å²) in [6.07, 6.45) is 1.61. The van der Waals surface area contributed by atoms with Gasteiger partial charge in [-0.1, -0.05) is 0 Å². The minimum atomic E-state index is -3.08. The Hall–Kier alpha value is -2.19. The van der Waals surface area contributed by atoms with Gasteiger partial charge in [-0.3, -0.25) is 0 Å². The van der Waals surface area contributed by atoms with E-state index in [2.05, 4.69) is 15.1 Å². The summed E-state index contributed by atoms with van der Waals surface area (Å²) in [5.41, 5.74) is 1.79. The largest absolute Gasteiger partial charge is 0.494 e. The van der Waals surface area contributed by atoms with Crippen molar-refractivity contribution < 1.29 is 13.2 Å². The Balaban J connectivity index is 1.39. The highest BCUT2D eigenvalue weighted by Gasteiger charge is 2.41. The number of piperazine rings is 1. The van der Waals surface area contributed by atoms with Gasteiger partial charge in [-0.2, -0.15) is 4.31 Å². The zero-order valence-corrected chi connectivity index (χ0v) is 16.2. The molecule has 0 unspecified atom stereocenters. The van der Waals surface area contributed by atoms with Crippen LogP contribution in [0.15, 0.2) is 36.4 Å². The maximum absolute atomic E-state index is 12.3. The van der Waals surface area contributed by atoms with Crippen LogP contribution in [-0.4, -0.2) is 61.0 Å². The van der Waals surface area contributed by atoms with Crippen molar-refractivity contribution in [2.75, 3.05) is 37.7 Å². The molecule has 0 amide bonds. The van der Waals surface area contributed by atoms with E-state index in [9.17, 15) is 8.42 Å². The van der Waals surface area contributed by atoms with Crippen molar-refractivity contribution in [2.45, 2.75) is 25.0 Å². The second-order valence-electron chi connectivity index (χ2n) is 6.86. The van der Waals surface area contributed by atoms with Crippen LogP contribution < -0.4 is 9.64 Å². The van der Waals surface area contributed by atoms with Crippen molar-refractivity contribution in [1.82, 2.24) is 14.5 Å². The summed E-state index contributed by atoms with van der Waals surface area (Å²) in [5, 5.41) is 8.55. The van der Waals surface area contributed by atoms with Gasteiger partial charge in [-0.25, -0.2) is 8.42 Å². The smallest absolute Gasteiger partial charge is 0.217 e. The van der Waals surface area contributed by atoms with Gasteiger partial charge in [0.25, 0.3) is 0 Å². The second kappa shape index (κ2) is 7.44. The first-order valence-corrected chi connectivity index (χ1v) is 10.9. The number of benzene rings is 1. The van der Waals surface area contributed by atoms with Crippen molar-refractivity contribution in [3.05, 3.63) is 36.4 Å². The molecule has 2 fully saturated rings. The Labute approximate surface area is 160 Å². The summed E-state index contributed by atoms with van der Waals surface area (Å²) >= 11 is 0. The van der Waals surface area contributed by atoms with Gasteiger partial charge in [0.15, 0.2) is 5.82 Å². The molecule has 1 aliphatic carbocycles. The quantitative estimate of drug-likeness (QED) is 0.755. The summed E-state index contributed by atoms with van der Waals surface area (Å²) < 4.78 is 31.7. The fraction of sp³-hybridized carbons (Fsp3) is 0.474. The molecular formula is C19H24N4O3S. The Bertz CT molecular complexity index is 872. The predicted molar refractivity (Wildman–Crippen MR) is 104 cm³/mol. The number of hydrogen-bond acceptors (Lipinski definition) is 6. The third kappa shape index (κ3) is 3.91. The lowest BCUT2D eigenvalue weighted by molar-refractivity contribution is 0.340. The van der Waals surface area contributed by atoms with E-state index in [0.29, 0.717) is 32.8 Å². The van der Waals surface area contributed by atoms with E-state index >= 15 is 0 Å². The summed E-state index contributed by atoms with van der Waals surface area (Å²) in [7, 11) is -3.08. The molecule has 0 atom stereocenters. The van der Waals surface area contributed by atoms with Crippen molar-refractivity contribution in [1.29, 1.82) is 0 Å². The van der Waals surface area contributed by atoms with Crippen LogP contribution in [0.2, 0.25) is 0 Å². The Morgan fingerprint density at radius 3 is 2.26 bits per heavy atom. The van der Waals surface area contributed by atoms with E-state index in [1.54, 1.807) is 4.31 Å². The number of ether oxygens (including phenoxy) is 1. The lowest BCUT2D eigenvalue weighted by atomic mass is 10.1. The monoisotopic (exact) mass is 388 g/mol. The molecule has 8 heteroatoms. The number of nitrogens with zero attached hydrogens (tertiary/aromatic N) is 4. The van der Waals surface area contributed by atoms with E-state index in [1.165, 1.54) is 0 Å². The van der Waals surface area contributed by atoms with E-state index in [1.807, 2.05) is 43.3 Å². The van der Waals surface area contributed by atoms with Gasteiger partial charge < -0.3 is 9.64 Å². The molecule has 0 spiro atoms. The molecule has 1 aromatic carbocycles. The highest BCUT2D eigenvalue weighted by atomic mass is 32.2. The highest BCUT2D eigenvalue weighted by Crippen LogP contribution is 2.31. The van der Waals surface area contributed by atoms with Gasteiger partial charge in [-0.15, -0.1) is 10.2 Å². The average Bonchev–Trinajstić information content (AvgIpc) is 3.55. The molecule has 1 aromatic heterocycles. The molecule has 4 rings (SSSR count). The Morgan fingerprint density at radius 1 is 1.00 bits per heavy atom. The van der Waals surface area contributed by atoms with Crippen LogP contribution in [0.3, 0.4) is 0 Å². The number of rotatable bonds is 6. The minimum absolute atomic E-state index is 0.141. The van der Waals surface area contributed by atoms with Crippen LogP contribution in [0.5, 0.6) is 5.75 Å². The highest BCUT2D eigenvalue weighted by molar-refractivity contribution is 7.90. The Morgan fingerprint density at radius 2 is 1.70 bits per heavy atom. The fourth-order valence-electron chi connectivity index (χ4n) is 3.28. The van der Waals surface area contributed by atoms with Crippen LogP contribution in [-0.2, 0) is 10.0 Å². The van der Waals surface area contributed by atoms with Crippen molar-refractivity contribution in [2.24, 2.45) is 0 Å². The first-order chi connectivity index (χ1) is 13.1. The summed E-state index contributed by atoms with van der Waals surface area (Å²) in [6, 6.07) is 11.7. The number of sulfonamides is 1. The molecule has 2 aromatic rings. The maximum atomic E-state index is 12.3. The van der Waals surface area contributed by atoms with Gasteiger partial charge in [0.2, 0.25) is 10.0 Å². The third-order valence-corrected chi connectivity index (χ3v) is 7.38. The van der Waals surface area contributed by atoms with Crippen LogP contribution in [0, 0.1) is 0 Å². The molecule has 2 heterocycles. The molecule has 2 aliphatic rings. The fourth-order valence-corrected chi connectivity index (χ4v) is 5.11. The first kappa shape index (κ1) is 18.2. The molecule has 1 saturated heterocycles. The van der Waals surface area contributed by atoms with Crippen LogP contribution in [0.25, 0.3) is 11.3 Å². The molecule has 144 valence electrons. The van der Waals surface area contributed by atoms with Gasteiger partial charge in [0, 0.05) is 31.7 Å². The normalized spacial score (nSPS) is 18.5. The van der Waals surface area contributed by atoms with E-state index in [0.717, 1.165) is 35.7 Å². The van der Waals surface area contributed by atoms with Crippen molar-refractivity contribution in [3.8, 4) is 17.0 Å². The summed E-state index contributed by atoms with van der Waals surface area (Å²) in [6.45, 7) is 4.91. The van der Waals surface area contributed by atoms with Gasteiger partial charge >= 0.3 is 0 Å². The standard InChI is InChI=1S/C19H24N4O3S/c1-2-26-16-5-3-15(4-6-16)18-9-10-19(21-20-18)22-11-13-23(14-12-22)27(24,25)17-7-8-17/h3-6,9-10,17H,2,7-8,11-14H2,1H3. The van der Waals surface area contributed by atoms with E-state index in [-0.39, 0.29) is 5.25 Å². The van der Waals surface area contributed by atoms with Gasteiger partial charge in [0.05, 0.1) is 17.6 Å². The lowest BCUT2D eigenvalue weighted by Crippen LogP contribution is -2.49. The second-order valence-corrected chi connectivity index (χ2v) is 9.08. The molecule has 27 heavy (non-hydrogen) atoms. The number of aromatic nitrogens is 2. The van der Waals surface area contributed by atoms with E-state index < -0.39 is 10.0 Å². The molecule has 0 radical (unpaired) electrons. The predicted octanol–water partition coefficient (Wildman–Crippen LogP) is 2.16.